The molecule has 7 heteroatoms. The molecule has 2 aromatic carbocycles. The van der Waals surface area contributed by atoms with Gasteiger partial charge in [-0.15, -0.1) is 5.11 Å². The third-order valence-electron chi connectivity index (χ3n) is 3.79. The monoisotopic (exact) mass is 373 g/mol. The van der Waals surface area contributed by atoms with E-state index in [1.807, 2.05) is 12.1 Å². The number of halogens is 1. The smallest absolute Gasteiger partial charge is 0.229 e. The standard InChI is InChI=1S/C18H14ClN2O3S/c1-25(22,23)15-8-4-13(5-9-15)17-11-24-18(21-20)10-16(17)12-2-6-14(19)7-3-12/h2-11,18H,1H3. The summed E-state index contributed by atoms with van der Waals surface area (Å²) in [6, 6.07) is 13.8. The van der Waals surface area contributed by atoms with Gasteiger partial charge < -0.3 is 4.74 Å². The number of sulfone groups is 1. The molecule has 1 atom stereocenters. The van der Waals surface area contributed by atoms with Gasteiger partial charge in [0.15, 0.2) is 9.84 Å². The predicted octanol–water partition coefficient (Wildman–Crippen LogP) is 3.78. The Labute approximate surface area is 151 Å². The van der Waals surface area contributed by atoms with E-state index in [1.165, 1.54) is 6.26 Å². The fourth-order valence-electron chi connectivity index (χ4n) is 2.52. The van der Waals surface area contributed by atoms with Gasteiger partial charge >= 0.3 is 0 Å². The molecule has 0 spiro atoms. The molecule has 1 radical (unpaired) electrons. The summed E-state index contributed by atoms with van der Waals surface area (Å²) >= 11 is 5.95. The molecule has 5 nitrogen and oxygen atoms in total. The third-order valence-corrected chi connectivity index (χ3v) is 5.17. The van der Waals surface area contributed by atoms with Crippen LogP contribution in [-0.4, -0.2) is 20.9 Å². The van der Waals surface area contributed by atoms with Crippen molar-refractivity contribution in [2.24, 2.45) is 5.11 Å². The Bertz CT molecular complexity index is 962. The Kier molecular flexibility index (Phi) is 4.74. The first kappa shape index (κ1) is 17.4. The Morgan fingerprint density at radius 3 is 2.12 bits per heavy atom. The normalized spacial score (nSPS) is 17.3. The van der Waals surface area contributed by atoms with Crippen molar-refractivity contribution in [1.82, 2.24) is 5.53 Å². The molecule has 2 aromatic rings. The summed E-state index contributed by atoms with van der Waals surface area (Å²) in [7, 11) is -3.26. The summed E-state index contributed by atoms with van der Waals surface area (Å²) in [6.07, 6.45) is 3.55. The highest BCUT2D eigenvalue weighted by Gasteiger charge is 2.20. The van der Waals surface area contributed by atoms with E-state index < -0.39 is 16.1 Å². The Hall–Kier alpha value is -2.44. The van der Waals surface area contributed by atoms with Crippen molar-refractivity contribution in [3.05, 3.63) is 77.0 Å². The summed E-state index contributed by atoms with van der Waals surface area (Å²) in [5, 5.41) is 3.78. The van der Waals surface area contributed by atoms with Crippen LogP contribution in [0.4, 0.5) is 0 Å². The lowest BCUT2D eigenvalue weighted by Crippen LogP contribution is -2.09. The molecule has 0 N–H and O–H groups in total. The van der Waals surface area contributed by atoms with Gasteiger partial charge in [0.2, 0.25) is 6.23 Å². The van der Waals surface area contributed by atoms with E-state index in [-0.39, 0.29) is 4.90 Å². The van der Waals surface area contributed by atoms with Gasteiger partial charge in [-0.25, -0.2) is 8.42 Å². The van der Waals surface area contributed by atoms with Crippen LogP contribution in [0.15, 0.2) is 70.9 Å². The predicted molar refractivity (Wildman–Crippen MR) is 96.4 cm³/mol. The van der Waals surface area contributed by atoms with Crippen LogP contribution in [0.5, 0.6) is 0 Å². The molecule has 0 fully saturated rings. The molecule has 3 rings (SSSR count). The van der Waals surface area contributed by atoms with Crippen LogP contribution in [-0.2, 0) is 14.6 Å². The Morgan fingerprint density at radius 1 is 1.00 bits per heavy atom. The number of ether oxygens (including phenoxy) is 1. The highest BCUT2D eigenvalue weighted by molar-refractivity contribution is 7.90. The van der Waals surface area contributed by atoms with E-state index in [0.29, 0.717) is 5.02 Å². The molecule has 0 aromatic heterocycles. The van der Waals surface area contributed by atoms with E-state index in [1.54, 1.807) is 42.5 Å². The van der Waals surface area contributed by atoms with Crippen molar-refractivity contribution >= 4 is 32.6 Å². The second-order valence-electron chi connectivity index (χ2n) is 5.56. The van der Waals surface area contributed by atoms with Crippen LogP contribution >= 0.6 is 11.6 Å². The molecule has 0 saturated heterocycles. The zero-order valence-electron chi connectivity index (χ0n) is 13.3. The SMILES string of the molecule is CS(=O)(=O)c1ccc(C2=COC(N=[N])C=C2c2ccc(Cl)cc2)cc1. The van der Waals surface area contributed by atoms with Crippen molar-refractivity contribution < 1.29 is 13.2 Å². The topological polar surface area (TPSA) is 78.0 Å². The number of benzene rings is 2. The average Bonchev–Trinajstić information content (AvgIpc) is 2.61. The first-order chi connectivity index (χ1) is 11.9. The second kappa shape index (κ2) is 6.82. The average molecular weight is 374 g/mol. The molecule has 0 amide bonds. The lowest BCUT2D eigenvalue weighted by molar-refractivity contribution is 0.188. The van der Waals surface area contributed by atoms with Crippen molar-refractivity contribution in [3.63, 3.8) is 0 Å². The van der Waals surface area contributed by atoms with Gasteiger partial charge in [0, 0.05) is 16.9 Å². The number of hydrogen-bond acceptors (Lipinski definition) is 4. The van der Waals surface area contributed by atoms with Crippen LogP contribution in [0, 0.1) is 0 Å². The number of nitrogens with zero attached hydrogens (tertiary/aromatic N) is 2. The number of allylic oxidation sites excluding steroid dienone is 2. The van der Waals surface area contributed by atoms with Gasteiger partial charge in [-0.2, -0.15) is 0 Å². The van der Waals surface area contributed by atoms with Crippen molar-refractivity contribution in [2.45, 2.75) is 11.1 Å². The van der Waals surface area contributed by atoms with Crippen molar-refractivity contribution in [2.75, 3.05) is 6.26 Å². The lowest BCUT2D eigenvalue weighted by atomic mass is 9.92. The molecule has 1 aliphatic heterocycles. The molecule has 0 aliphatic carbocycles. The van der Waals surface area contributed by atoms with Crippen LogP contribution in [0.25, 0.3) is 11.1 Å². The minimum Gasteiger partial charge on any atom is -0.470 e. The lowest BCUT2D eigenvalue weighted by Gasteiger charge is -2.20. The highest BCUT2D eigenvalue weighted by atomic mass is 35.5. The Morgan fingerprint density at radius 2 is 1.56 bits per heavy atom. The molecular formula is C18H14ClN2O3S. The maximum absolute atomic E-state index is 11.6. The summed E-state index contributed by atoms with van der Waals surface area (Å²) in [5.41, 5.74) is 12.2. The van der Waals surface area contributed by atoms with Crippen LogP contribution in [0.3, 0.4) is 0 Å². The van der Waals surface area contributed by atoms with Gasteiger partial charge in [0.1, 0.15) is 0 Å². The molecule has 1 unspecified atom stereocenters. The number of hydrogen-bond donors (Lipinski definition) is 0. The van der Waals surface area contributed by atoms with Crippen LogP contribution < -0.4 is 5.53 Å². The molecule has 1 heterocycles. The number of rotatable bonds is 4. The molecule has 1 aliphatic rings. The molecule has 127 valence electrons. The summed E-state index contributed by atoms with van der Waals surface area (Å²) in [4.78, 5) is 0.244. The maximum atomic E-state index is 11.6. The molecular weight excluding hydrogens is 360 g/mol. The van der Waals surface area contributed by atoms with Gasteiger partial charge in [-0.3, -0.25) is 0 Å². The molecule has 0 bridgehead atoms. The maximum Gasteiger partial charge on any atom is 0.229 e. The summed E-state index contributed by atoms with van der Waals surface area (Å²) in [6.45, 7) is 0. The van der Waals surface area contributed by atoms with E-state index >= 15 is 0 Å². The minimum absolute atomic E-state index is 0.244. The fourth-order valence-corrected chi connectivity index (χ4v) is 3.28. The first-order valence-corrected chi connectivity index (χ1v) is 9.64. The van der Waals surface area contributed by atoms with Crippen molar-refractivity contribution in [3.8, 4) is 0 Å². The molecule has 0 saturated carbocycles. The van der Waals surface area contributed by atoms with E-state index in [2.05, 4.69) is 5.11 Å². The van der Waals surface area contributed by atoms with Crippen LogP contribution in [0.2, 0.25) is 5.02 Å². The first-order valence-electron chi connectivity index (χ1n) is 7.37. The highest BCUT2D eigenvalue weighted by Crippen LogP contribution is 2.35. The quantitative estimate of drug-likeness (QED) is 0.765. The minimum atomic E-state index is -3.26. The van der Waals surface area contributed by atoms with Crippen LogP contribution in [0.1, 0.15) is 11.1 Å². The van der Waals surface area contributed by atoms with Gasteiger partial charge in [-0.1, -0.05) is 35.9 Å². The van der Waals surface area contributed by atoms with Gasteiger partial charge in [0.05, 0.1) is 11.2 Å². The zero-order chi connectivity index (χ0) is 18.0. The van der Waals surface area contributed by atoms with E-state index in [4.69, 9.17) is 21.9 Å². The largest absolute Gasteiger partial charge is 0.470 e. The second-order valence-corrected chi connectivity index (χ2v) is 8.01. The molecule has 25 heavy (non-hydrogen) atoms. The van der Waals surface area contributed by atoms with Gasteiger partial charge in [-0.05, 0) is 52.6 Å². The zero-order valence-corrected chi connectivity index (χ0v) is 14.8. The fraction of sp³-hybridized carbons (Fsp3) is 0.111. The summed E-state index contributed by atoms with van der Waals surface area (Å²) < 4.78 is 28.6. The van der Waals surface area contributed by atoms with E-state index in [0.717, 1.165) is 28.5 Å². The van der Waals surface area contributed by atoms with E-state index in [9.17, 15) is 8.42 Å². The Balaban J connectivity index is 2.04. The van der Waals surface area contributed by atoms with Crippen molar-refractivity contribution in [1.29, 1.82) is 0 Å². The van der Waals surface area contributed by atoms with Gasteiger partial charge in [0.25, 0.3) is 0 Å². The third kappa shape index (κ3) is 3.81. The summed E-state index contributed by atoms with van der Waals surface area (Å²) in [5.74, 6) is 0.